The summed E-state index contributed by atoms with van der Waals surface area (Å²) in [6.07, 6.45) is 7.61. The maximum absolute atomic E-state index is 13.0. The van der Waals surface area contributed by atoms with Gasteiger partial charge in [0, 0.05) is 25.2 Å². The van der Waals surface area contributed by atoms with E-state index in [1.54, 1.807) is 24.3 Å². The Balaban J connectivity index is 2.24. The van der Waals surface area contributed by atoms with E-state index in [2.05, 4.69) is 5.32 Å². The number of hydrogen-bond acceptors (Lipinski definition) is 4. The molecule has 1 aliphatic heterocycles. The second kappa shape index (κ2) is 9.90. The predicted octanol–water partition coefficient (Wildman–Crippen LogP) is 3.19. The Hall–Kier alpha value is -1.86. The molecule has 150 valence electrons. The molecule has 0 unspecified atom stereocenters. The zero-order valence-electron chi connectivity index (χ0n) is 16.4. The van der Waals surface area contributed by atoms with Crippen molar-refractivity contribution >= 4 is 22.0 Å². The highest BCUT2D eigenvalue weighted by Crippen LogP contribution is 2.29. The van der Waals surface area contributed by atoms with Gasteiger partial charge in [0.15, 0.2) is 0 Å². The number of hydrogen-bond donors (Lipinski definition) is 1. The summed E-state index contributed by atoms with van der Waals surface area (Å²) in [6, 6.07) is 5.10. The molecule has 1 saturated heterocycles. The molecule has 1 amide bonds. The van der Waals surface area contributed by atoms with Crippen LogP contribution in [-0.2, 0) is 14.8 Å². The number of ether oxygens (including phenoxy) is 1. The van der Waals surface area contributed by atoms with Gasteiger partial charge >= 0.3 is 0 Å². The first kappa shape index (κ1) is 21.4. The molecule has 1 aromatic rings. The summed E-state index contributed by atoms with van der Waals surface area (Å²) in [5, 5.41) is 2.93. The van der Waals surface area contributed by atoms with E-state index in [0.717, 1.165) is 32.1 Å². The van der Waals surface area contributed by atoms with Crippen LogP contribution in [0.5, 0.6) is 5.75 Å². The molecule has 1 N–H and O–H groups in total. The molecule has 2 rings (SSSR count). The summed E-state index contributed by atoms with van der Waals surface area (Å²) in [6.45, 7) is 5.12. The van der Waals surface area contributed by atoms with Crippen LogP contribution in [0, 0.1) is 0 Å². The Morgan fingerprint density at radius 1 is 1.22 bits per heavy atom. The number of rotatable bonds is 8. The van der Waals surface area contributed by atoms with Gasteiger partial charge in [-0.05, 0) is 49.5 Å². The van der Waals surface area contributed by atoms with Crippen molar-refractivity contribution in [2.75, 3.05) is 20.2 Å². The lowest BCUT2D eigenvalue weighted by Gasteiger charge is -2.26. The van der Waals surface area contributed by atoms with E-state index in [1.165, 1.54) is 17.5 Å². The van der Waals surface area contributed by atoms with E-state index < -0.39 is 10.0 Å². The van der Waals surface area contributed by atoms with Gasteiger partial charge in [-0.15, -0.1) is 0 Å². The van der Waals surface area contributed by atoms with Crippen LogP contribution < -0.4 is 10.1 Å². The molecule has 7 heteroatoms. The van der Waals surface area contributed by atoms with Crippen LogP contribution in [0.3, 0.4) is 0 Å². The zero-order valence-corrected chi connectivity index (χ0v) is 17.2. The molecule has 0 aliphatic carbocycles. The predicted molar refractivity (Wildman–Crippen MR) is 107 cm³/mol. The number of nitrogens with zero attached hydrogens (tertiary/aromatic N) is 1. The third kappa shape index (κ3) is 5.56. The molecule has 1 heterocycles. The summed E-state index contributed by atoms with van der Waals surface area (Å²) in [4.78, 5) is 12.2. The second-order valence-electron chi connectivity index (χ2n) is 6.73. The average molecular weight is 395 g/mol. The Morgan fingerprint density at radius 2 is 1.89 bits per heavy atom. The van der Waals surface area contributed by atoms with Gasteiger partial charge in [0.1, 0.15) is 10.6 Å². The minimum atomic E-state index is -3.62. The smallest absolute Gasteiger partial charge is 0.246 e. The minimum absolute atomic E-state index is 0.146. The van der Waals surface area contributed by atoms with Gasteiger partial charge < -0.3 is 10.1 Å². The molecule has 0 aromatic heterocycles. The fourth-order valence-corrected chi connectivity index (χ4v) is 4.86. The Kier molecular flexibility index (Phi) is 7.86. The van der Waals surface area contributed by atoms with Crippen LogP contribution in [-0.4, -0.2) is 44.9 Å². The van der Waals surface area contributed by atoms with Crippen LogP contribution in [0.25, 0.3) is 6.08 Å². The maximum atomic E-state index is 13.0. The van der Waals surface area contributed by atoms with Crippen molar-refractivity contribution in [1.82, 2.24) is 9.62 Å². The Morgan fingerprint density at radius 3 is 2.48 bits per heavy atom. The summed E-state index contributed by atoms with van der Waals surface area (Å²) in [7, 11) is -2.16. The molecular weight excluding hydrogens is 364 g/mol. The summed E-state index contributed by atoms with van der Waals surface area (Å²) in [5.74, 6) is 0.138. The van der Waals surface area contributed by atoms with Crippen molar-refractivity contribution < 1.29 is 17.9 Å². The summed E-state index contributed by atoms with van der Waals surface area (Å²) < 4.78 is 32.8. The first-order valence-corrected chi connectivity index (χ1v) is 11.0. The largest absolute Gasteiger partial charge is 0.495 e. The number of carbonyl (C=O) groups excluding carboxylic acids is 1. The summed E-state index contributed by atoms with van der Waals surface area (Å²) in [5.41, 5.74) is 0.645. The third-order valence-corrected chi connectivity index (χ3v) is 6.80. The standard InChI is InChI=1S/C20H30N2O4S/c1-4-17(5-2)21-20(23)12-10-16-9-11-18(26-3)19(15-16)27(24,25)22-13-7-6-8-14-22/h9-12,15,17H,4-8,13-14H2,1-3H3,(H,21,23)/b12-10+. The molecule has 27 heavy (non-hydrogen) atoms. The normalized spacial score (nSPS) is 16.0. The van der Waals surface area contributed by atoms with Crippen molar-refractivity contribution in [2.24, 2.45) is 0 Å². The Bertz CT molecular complexity index is 764. The number of piperidine rings is 1. The fraction of sp³-hybridized carbons (Fsp3) is 0.550. The fourth-order valence-electron chi connectivity index (χ4n) is 3.16. The van der Waals surface area contributed by atoms with E-state index in [0.29, 0.717) is 24.4 Å². The molecule has 6 nitrogen and oxygen atoms in total. The van der Waals surface area contributed by atoms with Gasteiger partial charge in [-0.25, -0.2) is 8.42 Å². The quantitative estimate of drug-likeness (QED) is 0.687. The van der Waals surface area contributed by atoms with Crippen molar-refractivity contribution in [3.63, 3.8) is 0 Å². The Labute approximate surface area is 162 Å². The van der Waals surface area contributed by atoms with Crippen LogP contribution in [0.1, 0.15) is 51.5 Å². The van der Waals surface area contributed by atoms with E-state index in [-0.39, 0.29) is 16.8 Å². The molecule has 0 atom stereocenters. The molecule has 0 bridgehead atoms. The van der Waals surface area contributed by atoms with Gasteiger partial charge in [0.2, 0.25) is 15.9 Å². The van der Waals surface area contributed by atoms with Crippen LogP contribution in [0.15, 0.2) is 29.2 Å². The van der Waals surface area contributed by atoms with Crippen LogP contribution in [0.2, 0.25) is 0 Å². The van der Waals surface area contributed by atoms with Crippen LogP contribution in [0.4, 0.5) is 0 Å². The topological polar surface area (TPSA) is 75.7 Å². The van der Waals surface area contributed by atoms with Crippen molar-refractivity contribution in [1.29, 1.82) is 0 Å². The molecular formula is C20H30N2O4S. The van der Waals surface area contributed by atoms with Gasteiger partial charge in [0.25, 0.3) is 0 Å². The van der Waals surface area contributed by atoms with Crippen molar-refractivity contribution in [2.45, 2.75) is 56.9 Å². The second-order valence-corrected chi connectivity index (χ2v) is 8.64. The number of amides is 1. The number of benzene rings is 1. The lowest BCUT2D eigenvalue weighted by molar-refractivity contribution is -0.117. The SMILES string of the molecule is CCC(CC)NC(=O)/C=C/c1ccc(OC)c(S(=O)(=O)N2CCCCC2)c1. The highest BCUT2D eigenvalue weighted by atomic mass is 32.2. The van der Waals surface area contributed by atoms with Gasteiger partial charge in [0.05, 0.1) is 7.11 Å². The maximum Gasteiger partial charge on any atom is 0.246 e. The van der Waals surface area contributed by atoms with E-state index in [4.69, 9.17) is 4.74 Å². The lowest BCUT2D eigenvalue weighted by Crippen LogP contribution is -2.35. The van der Waals surface area contributed by atoms with E-state index in [9.17, 15) is 13.2 Å². The molecule has 0 spiro atoms. The average Bonchev–Trinajstić information content (AvgIpc) is 2.70. The first-order chi connectivity index (χ1) is 12.9. The molecule has 0 radical (unpaired) electrons. The highest BCUT2D eigenvalue weighted by Gasteiger charge is 2.29. The van der Waals surface area contributed by atoms with Gasteiger partial charge in [-0.2, -0.15) is 4.31 Å². The summed E-state index contributed by atoms with van der Waals surface area (Å²) >= 11 is 0. The molecule has 0 saturated carbocycles. The van der Waals surface area contributed by atoms with Crippen LogP contribution >= 0.6 is 0 Å². The van der Waals surface area contributed by atoms with E-state index in [1.807, 2.05) is 13.8 Å². The first-order valence-electron chi connectivity index (χ1n) is 9.59. The lowest BCUT2D eigenvalue weighted by atomic mass is 10.1. The zero-order chi connectivity index (χ0) is 19.9. The van der Waals surface area contributed by atoms with E-state index >= 15 is 0 Å². The minimum Gasteiger partial charge on any atom is -0.495 e. The number of nitrogens with one attached hydrogen (secondary N) is 1. The number of carbonyl (C=O) groups is 1. The molecule has 1 fully saturated rings. The van der Waals surface area contributed by atoms with Gasteiger partial charge in [-0.3, -0.25) is 4.79 Å². The van der Waals surface area contributed by atoms with Crippen molar-refractivity contribution in [3.8, 4) is 5.75 Å². The third-order valence-electron chi connectivity index (χ3n) is 4.88. The number of sulfonamides is 1. The molecule has 1 aromatic carbocycles. The van der Waals surface area contributed by atoms with Crippen molar-refractivity contribution in [3.05, 3.63) is 29.8 Å². The number of methoxy groups -OCH3 is 1. The molecule has 1 aliphatic rings. The highest BCUT2D eigenvalue weighted by molar-refractivity contribution is 7.89. The monoisotopic (exact) mass is 394 g/mol. The van der Waals surface area contributed by atoms with Gasteiger partial charge in [-0.1, -0.05) is 26.3 Å².